The van der Waals surface area contributed by atoms with E-state index in [4.69, 9.17) is 10.8 Å². The molecule has 3 heteroatoms. The van der Waals surface area contributed by atoms with E-state index >= 15 is 0 Å². The van der Waals surface area contributed by atoms with Crippen LogP contribution in [0.25, 0.3) is 0 Å². The zero-order valence-electron chi connectivity index (χ0n) is 8.90. The molecule has 0 aromatic carbocycles. The third-order valence-corrected chi connectivity index (χ3v) is 13.8. The van der Waals surface area contributed by atoms with Gasteiger partial charge in [0.25, 0.3) is 0 Å². The van der Waals surface area contributed by atoms with Crippen molar-refractivity contribution >= 4 is 16.9 Å². The standard InChI is InChI=1S/C9H20OSi2/c1-7-8-10-11-12(5,6)9(2,3)4/h1H,8,11H2,2-6H3. The first-order valence-electron chi connectivity index (χ1n) is 4.32. The lowest BCUT2D eigenvalue weighted by Gasteiger charge is -2.35. The molecule has 0 fully saturated rings. The predicted octanol–water partition coefficient (Wildman–Crippen LogP) is 1.73. The van der Waals surface area contributed by atoms with Gasteiger partial charge in [0.2, 0.25) is 0 Å². The second-order valence-electron chi connectivity index (χ2n) is 4.83. The van der Waals surface area contributed by atoms with Gasteiger partial charge >= 0.3 is 0 Å². The fraction of sp³-hybridized carbons (Fsp3) is 0.778. The number of terminal acetylenes is 1. The lowest BCUT2D eigenvalue weighted by atomic mass is 10.2. The third-order valence-electron chi connectivity index (χ3n) is 2.68. The summed E-state index contributed by atoms with van der Waals surface area (Å²) < 4.78 is 5.54. The third kappa shape index (κ3) is 3.57. The number of hydrogen-bond acceptors (Lipinski definition) is 1. The van der Waals surface area contributed by atoms with E-state index in [-0.39, 0.29) is 9.28 Å². The Hall–Kier alpha value is -0.0462. The molecule has 12 heavy (non-hydrogen) atoms. The van der Waals surface area contributed by atoms with Crippen molar-refractivity contribution in [1.82, 2.24) is 0 Å². The molecule has 0 saturated carbocycles. The minimum Gasteiger partial charge on any atom is -0.416 e. The fourth-order valence-electron chi connectivity index (χ4n) is 0.582. The highest BCUT2D eigenvalue weighted by atomic mass is 29.2. The van der Waals surface area contributed by atoms with E-state index in [9.17, 15) is 0 Å². The minimum atomic E-state index is -1.12. The Bertz CT molecular complexity index is 174. The fourth-order valence-corrected chi connectivity index (χ4v) is 4.88. The first-order chi connectivity index (χ1) is 5.31. The maximum atomic E-state index is 5.54. The van der Waals surface area contributed by atoms with Crippen LogP contribution in [0.15, 0.2) is 0 Å². The Labute approximate surface area is 79.6 Å². The highest BCUT2D eigenvalue weighted by Crippen LogP contribution is 2.34. The van der Waals surface area contributed by atoms with Gasteiger partial charge in [-0.3, -0.25) is 0 Å². The molecule has 0 aliphatic heterocycles. The van der Waals surface area contributed by atoms with Crippen LogP contribution in [0.3, 0.4) is 0 Å². The quantitative estimate of drug-likeness (QED) is 0.383. The Morgan fingerprint density at radius 2 is 1.92 bits per heavy atom. The van der Waals surface area contributed by atoms with E-state index in [1.54, 1.807) is 0 Å². The predicted molar refractivity (Wildman–Crippen MR) is 60.5 cm³/mol. The molecule has 70 valence electrons. The van der Waals surface area contributed by atoms with E-state index in [1.165, 1.54) is 0 Å². The van der Waals surface area contributed by atoms with Crippen LogP contribution in [0.5, 0.6) is 0 Å². The molecule has 0 heterocycles. The van der Waals surface area contributed by atoms with Crippen LogP contribution in [0.2, 0.25) is 18.1 Å². The second kappa shape index (κ2) is 4.26. The zero-order valence-corrected chi connectivity index (χ0v) is 11.3. The molecule has 0 spiro atoms. The van der Waals surface area contributed by atoms with Crippen LogP contribution >= 0.6 is 0 Å². The molecule has 0 amide bonds. The van der Waals surface area contributed by atoms with Gasteiger partial charge in [-0.2, -0.15) is 0 Å². The molecule has 0 aliphatic carbocycles. The highest BCUT2D eigenvalue weighted by molar-refractivity contribution is 7.22. The van der Waals surface area contributed by atoms with Gasteiger partial charge < -0.3 is 4.43 Å². The normalized spacial score (nSPS) is 13.7. The van der Waals surface area contributed by atoms with Gasteiger partial charge in [-0.15, -0.1) is 6.42 Å². The monoisotopic (exact) mass is 200 g/mol. The van der Waals surface area contributed by atoms with E-state index in [0.29, 0.717) is 11.6 Å². The number of hydrogen-bond donors (Lipinski definition) is 0. The Morgan fingerprint density at radius 1 is 1.42 bits per heavy atom. The van der Waals surface area contributed by atoms with Gasteiger partial charge in [0, 0.05) is 0 Å². The summed E-state index contributed by atoms with van der Waals surface area (Å²) in [5, 5.41) is 0.452. The lowest BCUT2D eigenvalue weighted by Crippen LogP contribution is -2.45. The van der Waals surface area contributed by atoms with Crippen LogP contribution < -0.4 is 0 Å². The van der Waals surface area contributed by atoms with Crippen LogP contribution in [0.1, 0.15) is 20.8 Å². The smallest absolute Gasteiger partial charge is 0.152 e. The van der Waals surface area contributed by atoms with Crippen LogP contribution in [0, 0.1) is 12.3 Å². The molecule has 0 bridgehead atoms. The Balaban J connectivity index is 3.98. The van der Waals surface area contributed by atoms with Crippen LogP contribution in [-0.2, 0) is 4.43 Å². The average molecular weight is 200 g/mol. The van der Waals surface area contributed by atoms with Gasteiger partial charge in [0.1, 0.15) is 0 Å². The molecule has 0 saturated heterocycles. The van der Waals surface area contributed by atoms with Gasteiger partial charge in [0.15, 0.2) is 9.28 Å². The van der Waals surface area contributed by atoms with Gasteiger partial charge in [-0.25, -0.2) is 0 Å². The maximum Gasteiger partial charge on any atom is 0.152 e. The topological polar surface area (TPSA) is 9.23 Å². The van der Waals surface area contributed by atoms with Crippen molar-refractivity contribution in [3.05, 3.63) is 0 Å². The van der Waals surface area contributed by atoms with E-state index in [0.717, 1.165) is 0 Å². The minimum absolute atomic E-state index is 0.380. The molecule has 0 N–H and O–H groups in total. The van der Waals surface area contributed by atoms with Crippen molar-refractivity contribution in [3.8, 4) is 12.3 Å². The summed E-state index contributed by atoms with van der Waals surface area (Å²) >= 11 is 0. The Morgan fingerprint density at radius 3 is 2.25 bits per heavy atom. The van der Waals surface area contributed by atoms with E-state index in [2.05, 4.69) is 39.8 Å². The summed E-state index contributed by atoms with van der Waals surface area (Å²) in [6, 6.07) is 0. The van der Waals surface area contributed by atoms with E-state index in [1.807, 2.05) is 0 Å². The SMILES string of the molecule is C#CCO[SiH2][Si](C)(C)C(C)(C)C. The molecule has 0 atom stereocenters. The van der Waals surface area contributed by atoms with Crippen molar-refractivity contribution in [1.29, 1.82) is 0 Å². The molecule has 0 radical (unpaired) electrons. The van der Waals surface area contributed by atoms with Crippen LogP contribution in [0.4, 0.5) is 0 Å². The average Bonchev–Trinajstić information content (AvgIpc) is 1.85. The summed E-state index contributed by atoms with van der Waals surface area (Å²) in [5.74, 6) is 2.53. The molecule has 0 rings (SSSR count). The molecule has 1 nitrogen and oxygen atoms in total. The molecule has 0 aromatic rings. The van der Waals surface area contributed by atoms with Crippen molar-refractivity contribution in [2.24, 2.45) is 0 Å². The molecule has 0 aliphatic rings. The van der Waals surface area contributed by atoms with E-state index < -0.39 is 7.59 Å². The van der Waals surface area contributed by atoms with Gasteiger partial charge in [-0.05, 0) is 5.04 Å². The molecule has 0 aromatic heterocycles. The molecular formula is C9H20OSi2. The van der Waals surface area contributed by atoms with Crippen molar-refractivity contribution in [2.45, 2.75) is 38.9 Å². The van der Waals surface area contributed by atoms with Gasteiger partial charge in [0.05, 0.1) is 14.2 Å². The summed E-state index contributed by atoms with van der Waals surface area (Å²) in [4.78, 5) is 0. The summed E-state index contributed by atoms with van der Waals surface area (Å²) in [6.45, 7) is 12.2. The Kier molecular flexibility index (Phi) is 4.25. The summed E-state index contributed by atoms with van der Waals surface area (Å²) in [5.41, 5.74) is 0. The van der Waals surface area contributed by atoms with Crippen molar-refractivity contribution < 1.29 is 4.43 Å². The van der Waals surface area contributed by atoms with Crippen molar-refractivity contribution in [3.63, 3.8) is 0 Å². The second-order valence-corrected chi connectivity index (χ2v) is 17.0. The first-order valence-corrected chi connectivity index (χ1v) is 10.2. The lowest BCUT2D eigenvalue weighted by molar-refractivity contribution is 0.401. The zero-order chi connectivity index (χ0) is 9.83. The first kappa shape index (κ1) is 12.0. The summed E-state index contributed by atoms with van der Waals surface area (Å²) in [7, 11) is -1.50. The maximum absolute atomic E-state index is 5.54. The molecule has 0 unspecified atom stereocenters. The molecular weight excluding hydrogens is 180 g/mol. The van der Waals surface area contributed by atoms with Gasteiger partial charge in [-0.1, -0.05) is 39.8 Å². The van der Waals surface area contributed by atoms with Crippen molar-refractivity contribution in [2.75, 3.05) is 6.61 Å². The number of rotatable bonds is 3. The highest BCUT2D eigenvalue weighted by Gasteiger charge is 2.35. The largest absolute Gasteiger partial charge is 0.416 e. The van der Waals surface area contributed by atoms with Crippen LogP contribution in [-0.4, -0.2) is 23.5 Å². The summed E-state index contributed by atoms with van der Waals surface area (Å²) in [6.07, 6.45) is 5.13.